The van der Waals surface area contributed by atoms with Crippen molar-refractivity contribution in [3.05, 3.63) is 87.3 Å². The fraction of sp³-hybridized carbons (Fsp3) is 0.259. The van der Waals surface area contributed by atoms with Crippen LogP contribution >= 0.6 is 11.3 Å². The average Bonchev–Trinajstić information content (AvgIpc) is 3.32. The van der Waals surface area contributed by atoms with Gasteiger partial charge in [-0.2, -0.15) is 0 Å². The number of fused-ring (bicyclic) bond motifs is 2. The lowest BCUT2D eigenvalue weighted by Crippen LogP contribution is -2.49. The predicted molar refractivity (Wildman–Crippen MR) is 135 cm³/mol. The molecule has 178 valence electrons. The van der Waals surface area contributed by atoms with Gasteiger partial charge in [-0.05, 0) is 23.6 Å². The molecule has 1 aliphatic rings. The van der Waals surface area contributed by atoms with Gasteiger partial charge in [0.25, 0.3) is 5.56 Å². The number of hydrogen-bond acceptors (Lipinski definition) is 6. The van der Waals surface area contributed by atoms with Gasteiger partial charge in [0.05, 0.1) is 18.8 Å². The quantitative estimate of drug-likeness (QED) is 0.398. The molecule has 3 heterocycles. The number of esters is 1. The summed E-state index contributed by atoms with van der Waals surface area (Å²) >= 11 is 1.43. The third kappa shape index (κ3) is 4.37. The van der Waals surface area contributed by atoms with Crippen molar-refractivity contribution in [2.75, 3.05) is 7.11 Å². The highest BCUT2D eigenvalue weighted by atomic mass is 32.1. The van der Waals surface area contributed by atoms with Crippen LogP contribution in [0, 0.1) is 6.92 Å². The van der Waals surface area contributed by atoms with E-state index in [-0.39, 0.29) is 24.4 Å². The van der Waals surface area contributed by atoms with E-state index in [1.807, 2.05) is 60.8 Å². The summed E-state index contributed by atoms with van der Waals surface area (Å²) in [5, 5.41) is 2.51. The predicted octanol–water partition coefficient (Wildman–Crippen LogP) is 3.95. The molecule has 5 rings (SSSR count). The molecule has 8 heteroatoms. The molecule has 1 amide bonds. The smallest absolute Gasteiger partial charge is 0.328 e. The largest absolute Gasteiger partial charge is 0.467 e. The molecular weight excluding hydrogens is 462 g/mol. The summed E-state index contributed by atoms with van der Waals surface area (Å²) in [6.07, 6.45) is 1.99. The van der Waals surface area contributed by atoms with Crippen molar-refractivity contribution in [2.24, 2.45) is 0 Å². The van der Waals surface area contributed by atoms with E-state index >= 15 is 0 Å². The van der Waals surface area contributed by atoms with Crippen LogP contribution < -0.4 is 5.56 Å². The third-order valence-electron chi connectivity index (χ3n) is 6.53. The van der Waals surface area contributed by atoms with Gasteiger partial charge >= 0.3 is 5.97 Å². The second-order valence-corrected chi connectivity index (χ2v) is 9.58. The minimum Gasteiger partial charge on any atom is -0.467 e. The molecule has 4 aromatic rings. The first-order valence-corrected chi connectivity index (χ1v) is 12.3. The molecule has 0 spiro atoms. The van der Waals surface area contributed by atoms with E-state index in [0.29, 0.717) is 23.2 Å². The summed E-state index contributed by atoms with van der Waals surface area (Å²) in [7, 11) is 1.33. The van der Waals surface area contributed by atoms with Crippen molar-refractivity contribution in [3.8, 4) is 11.1 Å². The Balaban J connectivity index is 1.40. The summed E-state index contributed by atoms with van der Waals surface area (Å²) in [5.41, 5.74) is 4.84. The first-order valence-electron chi connectivity index (χ1n) is 11.4. The van der Waals surface area contributed by atoms with E-state index in [4.69, 9.17) is 4.74 Å². The maximum absolute atomic E-state index is 13.4. The lowest BCUT2D eigenvalue weighted by Gasteiger charge is -2.35. The van der Waals surface area contributed by atoms with Crippen molar-refractivity contribution in [2.45, 2.75) is 38.9 Å². The Bertz CT molecular complexity index is 1470. The standard InChI is InChI=1S/C27H25N3O4S/c1-17-7-9-18(10-8-17)21-15-35-25-24(21)26(32)29(16-28-25)12-11-23(31)30-14-20-6-4-3-5-19(20)13-22(30)27(33)34-2/h3-10,15-16,22H,11-14H2,1-2H3. The zero-order valence-corrected chi connectivity index (χ0v) is 20.4. The van der Waals surface area contributed by atoms with Gasteiger partial charge in [-0.15, -0.1) is 11.3 Å². The molecule has 1 atom stereocenters. The Morgan fingerprint density at radius 2 is 1.86 bits per heavy atom. The first-order chi connectivity index (χ1) is 17.0. The van der Waals surface area contributed by atoms with Gasteiger partial charge in [0.2, 0.25) is 5.91 Å². The van der Waals surface area contributed by atoms with Gasteiger partial charge in [-0.1, -0.05) is 54.1 Å². The molecule has 7 nitrogen and oxygen atoms in total. The van der Waals surface area contributed by atoms with E-state index in [1.54, 1.807) is 4.90 Å². The number of methoxy groups -OCH3 is 1. The first kappa shape index (κ1) is 23.0. The Hall–Kier alpha value is -3.78. The molecule has 0 radical (unpaired) electrons. The molecule has 0 bridgehead atoms. The highest BCUT2D eigenvalue weighted by Gasteiger charge is 2.35. The van der Waals surface area contributed by atoms with Crippen LogP contribution in [0.4, 0.5) is 0 Å². The molecule has 2 aromatic heterocycles. The van der Waals surface area contributed by atoms with Crippen LogP contribution in [0.25, 0.3) is 21.3 Å². The van der Waals surface area contributed by atoms with Crippen LogP contribution in [-0.4, -0.2) is 39.5 Å². The van der Waals surface area contributed by atoms with Crippen LogP contribution in [-0.2, 0) is 33.8 Å². The molecule has 0 saturated carbocycles. The fourth-order valence-electron chi connectivity index (χ4n) is 4.56. The number of carbonyl (C=O) groups is 2. The van der Waals surface area contributed by atoms with Crippen LogP contribution in [0.3, 0.4) is 0 Å². The zero-order chi connectivity index (χ0) is 24.5. The van der Waals surface area contributed by atoms with E-state index in [9.17, 15) is 14.4 Å². The van der Waals surface area contributed by atoms with Crippen LogP contribution in [0.1, 0.15) is 23.1 Å². The Labute approximate surface area is 206 Å². The van der Waals surface area contributed by atoms with Crippen LogP contribution in [0.15, 0.2) is 65.0 Å². The topological polar surface area (TPSA) is 81.5 Å². The maximum Gasteiger partial charge on any atom is 0.328 e. The minimum atomic E-state index is -0.676. The monoisotopic (exact) mass is 487 g/mol. The second kappa shape index (κ2) is 9.46. The van der Waals surface area contributed by atoms with Crippen LogP contribution in [0.2, 0.25) is 0 Å². The lowest BCUT2D eigenvalue weighted by atomic mass is 9.93. The Morgan fingerprint density at radius 1 is 1.11 bits per heavy atom. The van der Waals surface area contributed by atoms with Gasteiger partial charge in [0.15, 0.2) is 0 Å². The van der Waals surface area contributed by atoms with Crippen molar-refractivity contribution in [3.63, 3.8) is 0 Å². The maximum atomic E-state index is 13.4. The van der Waals surface area contributed by atoms with Crippen molar-refractivity contribution >= 4 is 33.4 Å². The number of hydrogen-bond donors (Lipinski definition) is 0. The molecule has 35 heavy (non-hydrogen) atoms. The summed E-state index contributed by atoms with van der Waals surface area (Å²) < 4.78 is 6.45. The minimum absolute atomic E-state index is 0.0761. The number of nitrogens with zero attached hydrogens (tertiary/aromatic N) is 3. The molecule has 0 saturated heterocycles. The van der Waals surface area contributed by atoms with E-state index < -0.39 is 12.0 Å². The van der Waals surface area contributed by atoms with Crippen molar-refractivity contribution in [1.29, 1.82) is 0 Å². The number of rotatable bonds is 5. The Kier molecular flexibility index (Phi) is 6.21. The number of ether oxygens (including phenoxy) is 1. The van der Waals surface area contributed by atoms with Crippen molar-refractivity contribution in [1.82, 2.24) is 14.5 Å². The molecule has 1 unspecified atom stereocenters. The second-order valence-electron chi connectivity index (χ2n) is 8.72. The van der Waals surface area contributed by atoms with E-state index in [1.165, 1.54) is 29.3 Å². The normalized spacial score (nSPS) is 15.1. The van der Waals surface area contributed by atoms with Gasteiger partial charge < -0.3 is 9.64 Å². The third-order valence-corrected chi connectivity index (χ3v) is 7.42. The highest BCUT2D eigenvalue weighted by molar-refractivity contribution is 7.17. The molecule has 1 aliphatic heterocycles. The summed E-state index contributed by atoms with van der Waals surface area (Å²) in [6, 6.07) is 15.1. The van der Waals surface area contributed by atoms with Crippen molar-refractivity contribution < 1.29 is 14.3 Å². The number of thiophene rings is 1. The highest BCUT2D eigenvalue weighted by Crippen LogP contribution is 2.31. The Morgan fingerprint density at radius 3 is 2.60 bits per heavy atom. The van der Waals surface area contributed by atoms with Crippen LogP contribution in [0.5, 0.6) is 0 Å². The SMILES string of the molecule is COC(=O)C1Cc2ccccc2CN1C(=O)CCn1cnc2scc(-c3ccc(C)cc3)c2c1=O. The van der Waals surface area contributed by atoms with E-state index in [0.717, 1.165) is 27.8 Å². The number of benzene rings is 2. The number of amides is 1. The van der Waals surface area contributed by atoms with Gasteiger partial charge in [-0.25, -0.2) is 9.78 Å². The molecule has 2 aromatic carbocycles. The molecular formula is C27H25N3O4S. The number of carbonyl (C=O) groups excluding carboxylic acids is 2. The number of aryl methyl sites for hydroxylation is 2. The van der Waals surface area contributed by atoms with Gasteiger partial charge in [0.1, 0.15) is 10.9 Å². The fourth-order valence-corrected chi connectivity index (χ4v) is 5.47. The van der Waals surface area contributed by atoms with E-state index in [2.05, 4.69) is 4.98 Å². The lowest BCUT2D eigenvalue weighted by molar-refractivity contribution is -0.154. The number of aromatic nitrogens is 2. The molecule has 0 fully saturated rings. The van der Waals surface area contributed by atoms with Gasteiger partial charge in [0, 0.05) is 36.9 Å². The summed E-state index contributed by atoms with van der Waals surface area (Å²) in [5.74, 6) is -0.639. The average molecular weight is 488 g/mol. The summed E-state index contributed by atoms with van der Waals surface area (Å²) in [4.78, 5) is 45.7. The summed E-state index contributed by atoms with van der Waals surface area (Å²) in [6.45, 7) is 2.53. The zero-order valence-electron chi connectivity index (χ0n) is 19.6. The van der Waals surface area contributed by atoms with Gasteiger partial charge in [-0.3, -0.25) is 14.2 Å². The molecule has 0 N–H and O–H groups in total. The molecule has 0 aliphatic carbocycles.